The third-order valence-electron chi connectivity index (χ3n) is 2.60. The van der Waals surface area contributed by atoms with Crippen LogP contribution < -0.4 is 10.6 Å². The standard InChI is InChI=1S/C13H19ClN2O2S/c1-9-10(14)5-4-6-11(9)16-12(17)15-7-13(2,18)8-19-3/h4-6,18H,7-8H2,1-3H3,(H2,15,16,17). The van der Waals surface area contributed by atoms with Gasteiger partial charge in [0.15, 0.2) is 0 Å². The van der Waals surface area contributed by atoms with E-state index in [2.05, 4.69) is 10.6 Å². The molecule has 0 heterocycles. The van der Waals surface area contributed by atoms with Crippen LogP contribution in [0.4, 0.5) is 10.5 Å². The predicted molar refractivity (Wildman–Crippen MR) is 82.2 cm³/mol. The van der Waals surface area contributed by atoms with Crippen LogP contribution in [0.2, 0.25) is 5.02 Å². The number of carbonyl (C=O) groups excluding carboxylic acids is 1. The van der Waals surface area contributed by atoms with Gasteiger partial charge in [0.1, 0.15) is 0 Å². The summed E-state index contributed by atoms with van der Waals surface area (Å²) >= 11 is 7.50. The molecule has 1 aromatic rings. The fraction of sp³-hybridized carbons (Fsp3) is 0.462. The number of benzene rings is 1. The van der Waals surface area contributed by atoms with Crippen molar-refractivity contribution in [1.29, 1.82) is 0 Å². The van der Waals surface area contributed by atoms with Gasteiger partial charge in [-0.05, 0) is 37.8 Å². The first-order valence-electron chi connectivity index (χ1n) is 5.87. The molecular formula is C13H19ClN2O2S. The second-order valence-electron chi connectivity index (χ2n) is 4.65. The summed E-state index contributed by atoms with van der Waals surface area (Å²) < 4.78 is 0. The van der Waals surface area contributed by atoms with Gasteiger partial charge in [0.05, 0.1) is 5.60 Å². The lowest BCUT2D eigenvalue weighted by molar-refractivity contribution is 0.0876. The first-order valence-corrected chi connectivity index (χ1v) is 7.64. The number of amides is 2. The molecule has 0 spiro atoms. The molecule has 2 amide bonds. The fourth-order valence-corrected chi connectivity index (χ4v) is 2.44. The van der Waals surface area contributed by atoms with Crippen molar-refractivity contribution in [3.05, 3.63) is 28.8 Å². The van der Waals surface area contributed by atoms with Crippen molar-refractivity contribution in [3.8, 4) is 0 Å². The molecule has 0 radical (unpaired) electrons. The summed E-state index contributed by atoms with van der Waals surface area (Å²) in [6.07, 6.45) is 1.91. The van der Waals surface area contributed by atoms with Crippen molar-refractivity contribution in [2.45, 2.75) is 19.4 Å². The SMILES string of the molecule is CSCC(C)(O)CNC(=O)Nc1cccc(Cl)c1C. The summed E-state index contributed by atoms with van der Waals surface area (Å²) in [4.78, 5) is 11.7. The maximum Gasteiger partial charge on any atom is 0.319 e. The van der Waals surface area contributed by atoms with Crippen molar-refractivity contribution in [1.82, 2.24) is 5.32 Å². The van der Waals surface area contributed by atoms with Crippen LogP contribution in [0.15, 0.2) is 18.2 Å². The maximum absolute atomic E-state index is 11.7. The third kappa shape index (κ3) is 5.30. The van der Waals surface area contributed by atoms with Crippen LogP contribution in [0.5, 0.6) is 0 Å². The van der Waals surface area contributed by atoms with E-state index in [0.717, 1.165) is 5.56 Å². The Morgan fingerprint density at radius 3 is 2.84 bits per heavy atom. The average molecular weight is 303 g/mol. The monoisotopic (exact) mass is 302 g/mol. The van der Waals surface area contributed by atoms with Gasteiger partial charge < -0.3 is 15.7 Å². The van der Waals surface area contributed by atoms with Crippen molar-refractivity contribution in [2.24, 2.45) is 0 Å². The lowest BCUT2D eigenvalue weighted by Crippen LogP contribution is -2.44. The van der Waals surface area contributed by atoms with E-state index in [1.807, 2.05) is 13.2 Å². The number of hydrogen-bond acceptors (Lipinski definition) is 3. The first kappa shape index (κ1) is 16.1. The van der Waals surface area contributed by atoms with Gasteiger partial charge in [-0.1, -0.05) is 17.7 Å². The molecule has 0 bridgehead atoms. The predicted octanol–water partition coefficient (Wildman–Crippen LogP) is 2.88. The minimum absolute atomic E-state index is 0.194. The molecule has 0 aliphatic heterocycles. The molecule has 0 aliphatic carbocycles. The number of carbonyl (C=O) groups is 1. The Morgan fingerprint density at radius 1 is 1.53 bits per heavy atom. The van der Waals surface area contributed by atoms with Gasteiger partial charge in [-0.15, -0.1) is 0 Å². The van der Waals surface area contributed by atoms with E-state index in [1.165, 1.54) is 11.8 Å². The molecule has 19 heavy (non-hydrogen) atoms. The Bertz CT molecular complexity index is 452. The number of rotatable bonds is 5. The normalized spacial score (nSPS) is 13.7. The van der Waals surface area contributed by atoms with E-state index in [1.54, 1.807) is 25.1 Å². The summed E-state index contributed by atoms with van der Waals surface area (Å²) in [6, 6.07) is 4.96. The number of urea groups is 1. The second-order valence-corrected chi connectivity index (χ2v) is 5.92. The Morgan fingerprint density at radius 2 is 2.21 bits per heavy atom. The Labute approximate surface area is 122 Å². The van der Waals surface area contributed by atoms with Crippen LogP contribution in [0.25, 0.3) is 0 Å². The Kier molecular flexibility index (Phi) is 5.97. The summed E-state index contributed by atoms with van der Waals surface area (Å²) in [5, 5.41) is 15.9. The summed E-state index contributed by atoms with van der Waals surface area (Å²) in [5.41, 5.74) is 0.560. The third-order valence-corrected chi connectivity index (χ3v) is 3.92. The van der Waals surface area contributed by atoms with Gasteiger partial charge in [-0.2, -0.15) is 11.8 Å². The van der Waals surface area contributed by atoms with E-state index < -0.39 is 5.60 Å². The van der Waals surface area contributed by atoms with Gasteiger partial charge in [0.2, 0.25) is 0 Å². The number of thioether (sulfide) groups is 1. The van der Waals surface area contributed by atoms with Gasteiger partial charge in [-0.25, -0.2) is 4.79 Å². The maximum atomic E-state index is 11.7. The van der Waals surface area contributed by atoms with Crippen LogP contribution in [0, 0.1) is 6.92 Å². The highest BCUT2D eigenvalue weighted by atomic mass is 35.5. The Hall–Kier alpha value is -0.910. The largest absolute Gasteiger partial charge is 0.387 e. The summed E-state index contributed by atoms with van der Waals surface area (Å²) in [5.74, 6) is 0.559. The fourth-order valence-electron chi connectivity index (χ4n) is 1.54. The molecule has 0 saturated heterocycles. The number of anilines is 1. The molecule has 0 aromatic heterocycles. The summed E-state index contributed by atoms with van der Waals surface area (Å²) in [6.45, 7) is 3.72. The zero-order chi connectivity index (χ0) is 14.5. The van der Waals surface area contributed by atoms with E-state index in [-0.39, 0.29) is 12.6 Å². The molecule has 106 valence electrons. The second kappa shape index (κ2) is 7.03. The van der Waals surface area contributed by atoms with Crippen molar-refractivity contribution in [2.75, 3.05) is 23.9 Å². The smallest absolute Gasteiger partial charge is 0.319 e. The minimum Gasteiger partial charge on any atom is -0.387 e. The first-order chi connectivity index (χ1) is 8.85. The van der Waals surface area contributed by atoms with Crippen molar-refractivity contribution in [3.63, 3.8) is 0 Å². The molecule has 1 aromatic carbocycles. The van der Waals surface area contributed by atoms with E-state index in [9.17, 15) is 9.90 Å². The number of halogens is 1. The molecule has 6 heteroatoms. The van der Waals surface area contributed by atoms with Crippen LogP contribution in [-0.4, -0.2) is 35.3 Å². The highest BCUT2D eigenvalue weighted by molar-refractivity contribution is 7.98. The highest BCUT2D eigenvalue weighted by Crippen LogP contribution is 2.22. The average Bonchev–Trinajstić information content (AvgIpc) is 2.33. The minimum atomic E-state index is -0.917. The lowest BCUT2D eigenvalue weighted by atomic mass is 10.1. The molecule has 0 saturated carbocycles. The molecule has 0 aliphatic rings. The molecule has 3 N–H and O–H groups in total. The van der Waals surface area contributed by atoms with Crippen molar-refractivity contribution >= 4 is 35.1 Å². The van der Waals surface area contributed by atoms with E-state index in [4.69, 9.17) is 11.6 Å². The van der Waals surface area contributed by atoms with Gasteiger partial charge >= 0.3 is 6.03 Å². The quantitative estimate of drug-likeness (QED) is 0.784. The van der Waals surface area contributed by atoms with Crippen molar-refractivity contribution < 1.29 is 9.90 Å². The molecule has 1 atom stereocenters. The lowest BCUT2D eigenvalue weighted by Gasteiger charge is -2.22. The summed E-state index contributed by atoms with van der Waals surface area (Å²) in [7, 11) is 0. The van der Waals surface area contributed by atoms with Crippen LogP contribution >= 0.6 is 23.4 Å². The van der Waals surface area contributed by atoms with Gasteiger partial charge in [0.25, 0.3) is 0 Å². The molecule has 0 fully saturated rings. The molecule has 1 rings (SSSR count). The van der Waals surface area contributed by atoms with E-state index >= 15 is 0 Å². The number of aliphatic hydroxyl groups is 1. The number of hydrogen-bond donors (Lipinski definition) is 3. The zero-order valence-electron chi connectivity index (χ0n) is 11.3. The van der Waals surface area contributed by atoms with Gasteiger partial charge in [0, 0.05) is 23.0 Å². The highest BCUT2D eigenvalue weighted by Gasteiger charge is 2.20. The molecule has 4 nitrogen and oxygen atoms in total. The van der Waals surface area contributed by atoms with E-state index in [0.29, 0.717) is 16.5 Å². The molecular weight excluding hydrogens is 284 g/mol. The van der Waals surface area contributed by atoms with Crippen LogP contribution in [0.3, 0.4) is 0 Å². The van der Waals surface area contributed by atoms with Gasteiger partial charge in [-0.3, -0.25) is 0 Å². The molecule has 1 unspecified atom stereocenters. The number of nitrogens with one attached hydrogen (secondary N) is 2. The topological polar surface area (TPSA) is 61.4 Å². The van der Waals surface area contributed by atoms with Crippen LogP contribution in [-0.2, 0) is 0 Å². The van der Waals surface area contributed by atoms with Crippen LogP contribution in [0.1, 0.15) is 12.5 Å². The zero-order valence-corrected chi connectivity index (χ0v) is 12.9. The Balaban J connectivity index is 2.54.